The van der Waals surface area contributed by atoms with E-state index >= 15 is 0 Å². The minimum Gasteiger partial charge on any atom is -0.478 e. The van der Waals surface area contributed by atoms with Crippen molar-refractivity contribution in [2.45, 2.75) is 19.8 Å². The molecule has 1 N–H and O–H groups in total. The second kappa shape index (κ2) is 5.30. The maximum absolute atomic E-state index is 11.0. The van der Waals surface area contributed by atoms with E-state index in [-0.39, 0.29) is 5.92 Å². The molecule has 15 heavy (non-hydrogen) atoms. The molecule has 1 unspecified atom stereocenters. The molecule has 0 amide bonds. The van der Waals surface area contributed by atoms with Crippen LogP contribution in [0.3, 0.4) is 0 Å². The molecule has 3 heteroatoms. The zero-order valence-electron chi connectivity index (χ0n) is 8.70. The molecule has 1 aromatic carbocycles. The molecule has 0 fully saturated rings. The minimum absolute atomic E-state index is 0.0689. The number of hydrogen-bond donors (Lipinski definition) is 1. The van der Waals surface area contributed by atoms with Crippen molar-refractivity contribution in [2.75, 3.05) is 0 Å². The highest BCUT2D eigenvalue weighted by Crippen LogP contribution is 2.27. The van der Waals surface area contributed by atoms with Gasteiger partial charge in [0.15, 0.2) is 0 Å². The molecular weight excluding hydrogens is 303 g/mol. The maximum Gasteiger partial charge on any atom is 0.332 e. The van der Waals surface area contributed by atoms with Crippen molar-refractivity contribution in [1.29, 1.82) is 0 Å². The molecule has 0 aromatic heterocycles. The van der Waals surface area contributed by atoms with Gasteiger partial charge in [-0.1, -0.05) is 53.8 Å². The summed E-state index contributed by atoms with van der Waals surface area (Å²) in [6.07, 6.45) is 0. The molecule has 1 aromatic rings. The van der Waals surface area contributed by atoms with Crippen LogP contribution in [0.5, 0.6) is 0 Å². The van der Waals surface area contributed by atoms with Gasteiger partial charge in [0.25, 0.3) is 0 Å². The summed E-state index contributed by atoms with van der Waals surface area (Å²) in [5.74, 6) is -0.916. The quantitative estimate of drug-likeness (QED) is 0.684. The fourth-order valence-corrected chi connectivity index (χ4v) is 2.37. The highest BCUT2D eigenvalue weighted by molar-refractivity contribution is 14.1. The van der Waals surface area contributed by atoms with Gasteiger partial charge in [-0.25, -0.2) is 4.79 Å². The van der Waals surface area contributed by atoms with Crippen molar-refractivity contribution in [3.8, 4) is 0 Å². The lowest BCUT2D eigenvalue weighted by Gasteiger charge is -2.14. The van der Waals surface area contributed by atoms with Gasteiger partial charge < -0.3 is 5.11 Å². The molecule has 0 bridgehead atoms. The van der Waals surface area contributed by atoms with Gasteiger partial charge in [0.05, 0.1) is 5.57 Å². The average molecular weight is 316 g/mol. The van der Waals surface area contributed by atoms with Gasteiger partial charge in [0, 0.05) is 5.92 Å². The summed E-state index contributed by atoms with van der Waals surface area (Å²) in [6.45, 7) is 3.92. The Labute approximate surface area is 103 Å². The molecule has 0 radical (unpaired) electrons. The zero-order valence-corrected chi connectivity index (χ0v) is 10.9. The van der Waals surface area contributed by atoms with E-state index in [1.165, 1.54) is 0 Å². The Morgan fingerprint density at radius 3 is 2.53 bits per heavy atom. The number of aliphatic carboxylic acids is 1. The van der Waals surface area contributed by atoms with E-state index in [2.05, 4.69) is 0 Å². The number of halogens is 1. The number of hydrogen-bond acceptors (Lipinski definition) is 1. The summed E-state index contributed by atoms with van der Waals surface area (Å²) in [7, 11) is 0. The topological polar surface area (TPSA) is 37.3 Å². The van der Waals surface area contributed by atoms with E-state index in [0.717, 1.165) is 11.1 Å². The molecule has 0 aliphatic rings. The van der Waals surface area contributed by atoms with E-state index in [9.17, 15) is 4.79 Å². The molecule has 0 saturated heterocycles. The fourth-order valence-electron chi connectivity index (χ4n) is 1.57. The Morgan fingerprint density at radius 2 is 2.07 bits per heavy atom. The van der Waals surface area contributed by atoms with Gasteiger partial charge in [-0.05, 0) is 22.1 Å². The molecule has 2 nitrogen and oxygen atoms in total. The van der Waals surface area contributed by atoms with Crippen LogP contribution in [0.25, 0.3) is 0 Å². The predicted octanol–water partition coefficient (Wildman–Crippen LogP) is 3.50. The summed E-state index contributed by atoms with van der Waals surface area (Å²) in [4.78, 5) is 11.0. The van der Waals surface area contributed by atoms with Gasteiger partial charge in [-0.15, -0.1) is 0 Å². The summed E-state index contributed by atoms with van der Waals surface area (Å²) in [5.41, 5.74) is 2.63. The van der Waals surface area contributed by atoms with Crippen molar-refractivity contribution in [2.24, 2.45) is 0 Å². The lowest BCUT2D eigenvalue weighted by Crippen LogP contribution is -2.09. The van der Waals surface area contributed by atoms with Crippen molar-refractivity contribution in [1.82, 2.24) is 0 Å². The number of carboxylic acids is 1. The van der Waals surface area contributed by atoms with E-state index in [1.807, 2.05) is 60.7 Å². The number of carboxylic acid groups (broad SMARTS) is 1. The molecule has 0 saturated carbocycles. The van der Waals surface area contributed by atoms with Crippen LogP contribution in [0.1, 0.15) is 24.0 Å². The van der Waals surface area contributed by atoms with Crippen LogP contribution in [-0.4, -0.2) is 11.1 Å². The molecular formula is C12H13IO2. The Kier molecular flexibility index (Phi) is 4.32. The Morgan fingerprint density at radius 1 is 1.47 bits per heavy atom. The minimum atomic E-state index is -0.847. The number of aryl methyl sites for hydroxylation is 1. The van der Waals surface area contributed by atoms with Gasteiger partial charge in [0.1, 0.15) is 0 Å². The highest BCUT2D eigenvalue weighted by Gasteiger charge is 2.18. The lowest BCUT2D eigenvalue weighted by atomic mass is 9.91. The first-order valence-corrected chi connectivity index (χ1v) is 5.91. The largest absolute Gasteiger partial charge is 0.478 e. The van der Waals surface area contributed by atoms with Crippen LogP contribution in [0.4, 0.5) is 0 Å². The SMILES string of the molecule is Cc1ccccc1C(C)/C(=C/I)C(=O)O. The first kappa shape index (κ1) is 12.2. The average Bonchev–Trinajstić information content (AvgIpc) is 2.18. The van der Waals surface area contributed by atoms with E-state index in [0.29, 0.717) is 5.57 Å². The molecule has 0 aliphatic heterocycles. The van der Waals surface area contributed by atoms with Crippen LogP contribution in [0, 0.1) is 6.92 Å². The standard InChI is InChI=1S/C12H13IO2/c1-8-5-3-4-6-10(8)9(2)11(7-13)12(14)15/h3-7,9H,1-2H3,(H,14,15)/b11-7-. The molecule has 0 aliphatic carbocycles. The van der Waals surface area contributed by atoms with Crippen LogP contribution >= 0.6 is 22.6 Å². The lowest BCUT2D eigenvalue weighted by molar-refractivity contribution is -0.132. The van der Waals surface area contributed by atoms with Gasteiger partial charge in [-0.3, -0.25) is 0 Å². The second-order valence-corrected chi connectivity index (χ2v) is 4.07. The number of rotatable bonds is 3. The monoisotopic (exact) mass is 316 g/mol. The third-order valence-electron chi connectivity index (χ3n) is 2.49. The smallest absolute Gasteiger partial charge is 0.332 e. The first-order chi connectivity index (χ1) is 7.07. The fraction of sp³-hybridized carbons (Fsp3) is 0.250. The van der Waals surface area contributed by atoms with Crippen molar-refractivity contribution >= 4 is 28.6 Å². The second-order valence-electron chi connectivity index (χ2n) is 3.45. The summed E-state index contributed by atoms with van der Waals surface area (Å²) >= 11 is 1.98. The van der Waals surface area contributed by atoms with Crippen molar-refractivity contribution in [3.05, 3.63) is 45.0 Å². The van der Waals surface area contributed by atoms with E-state index in [1.54, 1.807) is 4.08 Å². The Balaban J connectivity index is 3.09. The number of carbonyl (C=O) groups is 1. The number of benzene rings is 1. The predicted molar refractivity (Wildman–Crippen MR) is 69.3 cm³/mol. The van der Waals surface area contributed by atoms with Gasteiger partial charge in [-0.2, -0.15) is 0 Å². The molecule has 1 rings (SSSR count). The third-order valence-corrected chi connectivity index (χ3v) is 3.16. The van der Waals surface area contributed by atoms with Crippen molar-refractivity contribution in [3.63, 3.8) is 0 Å². The first-order valence-electron chi connectivity index (χ1n) is 4.67. The van der Waals surface area contributed by atoms with Crippen LogP contribution in [0.15, 0.2) is 33.9 Å². The highest BCUT2D eigenvalue weighted by atomic mass is 127. The zero-order chi connectivity index (χ0) is 11.4. The Hall–Kier alpha value is -0.840. The van der Waals surface area contributed by atoms with Crippen LogP contribution in [-0.2, 0) is 4.79 Å². The summed E-state index contributed by atoms with van der Waals surface area (Å²) in [5, 5.41) is 9.02. The third kappa shape index (κ3) is 2.81. The van der Waals surface area contributed by atoms with Crippen LogP contribution < -0.4 is 0 Å². The molecule has 0 spiro atoms. The summed E-state index contributed by atoms with van der Waals surface area (Å²) < 4.78 is 1.64. The normalized spacial score (nSPS) is 13.7. The summed E-state index contributed by atoms with van der Waals surface area (Å²) in [6, 6.07) is 7.87. The Bertz CT molecular complexity index is 396. The van der Waals surface area contributed by atoms with Gasteiger partial charge >= 0.3 is 5.97 Å². The molecule has 0 heterocycles. The van der Waals surface area contributed by atoms with Crippen molar-refractivity contribution < 1.29 is 9.90 Å². The van der Waals surface area contributed by atoms with Gasteiger partial charge in [0.2, 0.25) is 0 Å². The molecule has 80 valence electrons. The van der Waals surface area contributed by atoms with Crippen LogP contribution in [0.2, 0.25) is 0 Å². The van der Waals surface area contributed by atoms with E-state index < -0.39 is 5.97 Å². The van der Waals surface area contributed by atoms with E-state index in [4.69, 9.17) is 5.11 Å². The maximum atomic E-state index is 11.0. The molecule has 1 atom stereocenters.